The highest BCUT2D eigenvalue weighted by molar-refractivity contribution is 6.03. The minimum atomic E-state index is -4.85. The number of nitrogens with zero attached hydrogens (tertiary/aromatic N) is 2. The molecule has 0 aliphatic carbocycles. The second-order valence-corrected chi connectivity index (χ2v) is 9.02. The molecule has 1 aliphatic rings. The Morgan fingerprint density at radius 2 is 1.81 bits per heavy atom. The van der Waals surface area contributed by atoms with E-state index in [0.717, 1.165) is 15.9 Å². The van der Waals surface area contributed by atoms with Gasteiger partial charge in [-0.2, -0.15) is 13.2 Å². The standard InChI is InChI=1S/C25H27F3N2O7/c1-23(2)30(22(33)34)24(3,15-37-23)21(32)29(11-12-31)17-7-10-20(19(13-17)25(26,27)28)36-14-16-5-8-18(35-4)9-6-16/h5-10,12-13H,11,14-15H2,1-4H3,(H,33,34). The molecule has 0 spiro atoms. The van der Waals surface area contributed by atoms with Crippen molar-refractivity contribution in [2.75, 3.05) is 25.2 Å². The first-order valence-electron chi connectivity index (χ1n) is 11.1. The molecule has 37 heavy (non-hydrogen) atoms. The summed E-state index contributed by atoms with van der Waals surface area (Å²) in [5, 5.41) is 9.72. The number of methoxy groups -OCH3 is 1. The predicted molar refractivity (Wildman–Crippen MR) is 125 cm³/mol. The molecule has 2 amide bonds. The number of amides is 2. The number of carbonyl (C=O) groups excluding carboxylic acids is 2. The molecule has 1 N–H and O–H groups in total. The summed E-state index contributed by atoms with van der Waals surface area (Å²) in [5.41, 5.74) is -3.98. The van der Waals surface area contributed by atoms with Crippen molar-refractivity contribution in [1.82, 2.24) is 4.90 Å². The van der Waals surface area contributed by atoms with Crippen LogP contribution in [0, 0.1) is 0 Å². The average molecular weight is 524 g/mol. The van der Waals surface area contributed by atoms with Crippen LogP contribution in [0.5, 0.6) is 11.5 Å². The number of aldehydes is 1. The molecule has 1 atom stereocenters. The smallest absolute Gasteiger partial charge is 0.420 e. The number of halogens is 3. The van der Waals surface area contributed by atoms with Crippen molar-refractivity contribution in [3.63, 3.8) is 0 Å². The lowest BCUT2D eigenvalue weighted by molar-refractivity contribution is -0.139. The van der Waals surface area contributed by atoms with Crippen LogP contribution in [0.3, 0.4) is 0 Å². The lowest BCUT2D eigenvalue weighted by Gasteiger charge is -2.39. The topological polar surface area (TPSA) is 106 Å². The van der Waals surface area contributed by atoms with E-state index in [0.29, 0.717) is 23.7 Å². The summed E-state index contributed by atoms with van der Waals surface area (Å²) in [7, 11) is 1.49. The fourth-order valence-electron chi connectivity index (χ4n) is 4.23. The Labute approximate surface area is 211 Å². The molecule has 1 unspecified atom stereocenters. The van der Waals surface area contributed by atoms with Crippen LogP contribution in [0.25, 0.3) is 0 Å². The first kappa shape index (κ1) is 27.8. The van der Waals surface area contributed by atoms with Crippen LogP contribution in [0.15, 0.2) is 42.5 Å². The van der Waals surface area contributed by atoms with Crippen molar-refractivity contribution >= 4 is 24.0 Å². The number of carbonyl (C=O) groups is 3. The molecule has 3 rings (SSSR count). The molecular formula is C25H27F3N2O7. The average Bonchev–Trinajstić information content (AvgIpc) is 3.10. The Bertz CT molecular complexity index is 1170. The molecule has 0 aromatic heterocycles. The molecule has 0 saturated carbocycles. The maximum Gasteiger partial charge on any atom is 0.420 e. The van der Waals surface area contributed by atoms with Gasteiger partial charge in [-0.3, -0.25) is 9.69 Å². The molecule has 1 heterocycles. The molecule has 1 fully saturated rings. The number of hydrogen-bond acceptors (Lipinski definition) is 6. The molecule has 2 aromatic rings. The van der Waals surface area contributed by atoms with Gasteiger partial charge in [0.2, 0.25) is 0 Å². The van der Waals surface area contributed by atoms with Gasteiger partial charge in [-0.05, 0) is 56.7 Å². The highest BCUT2D eigenvalue weighted by Gasteiger charge is 2.57. The molecule has 2 aromatic carbocycles. The third kappa shape index (κ3) is 5.63. The Morgan fingerprint density at radius 1 is 1.16 bits per heavy atom. The maximum atomic E-state index is 14.0. The van der Waals surface area contributed by atoms with Crippen LogP contribution in [-0.4, -0.2) is 59.8 Å². The highest BCUT2D eigenvalue weighted by atomic mass is 19.4. The molecule has 0 bridgehead atoms. The third-order valence-corrected chi connectivity index (χ3v) is 6.03. The van der Waals surface area contributed by atoms with Crippen molar-refractivity contribution in [3.8, 4) is 11.5 Å². The van der Waals surface area contributed by atoms with Gasteiger partial charge in [-0.1, -0.05) is 12.1 Å². The predicted octanol–water partition coefficient (Wildman–Crippen LogP) is 4.33. The summed E-state index contributed by atoms with van der Waals surface area (Å²) in [5.74, 6) is -0.808. The van der Waals surface area contributed by atoms with E-state index in [1.165, 1.54) is 33.9 Å². The Kier molecular flexibility index (Phi) is 7.72. The Hall–Kier alpha value is -3.80. The van der Waals surface area contributed by atoms with Gasteiger partial charge in [0.15, 0.2) is 0 Å². The number of hydrogen-bond donors (Lipinski definition) is 1. The fraction of sp³-hybridized carbons (Fsp3) is 0.400. The lowest BCUT2D eigenvalue weighted by atomic mass is 9.98. The molecule has 12 heteroatoms. The molecule has 9 nitrogen and oxygen atoms in total. The van der Waals surface area contributed by atoms with Crippen molar-refractivity contribution < 1.29 is 46.9 Å². The van der Waals surface area contributed by atoms with E-state index in [-0.39, 0.29) is 18.9 Å². The van der Waals surface area contributed by atoms with Crippen molar-refractivity contribution in [1.29, 1.82) is 0 Å². The second kappa shape index (κ2) is 10.3. The first-order valence-corrected chi connectivity index (χ1v) is 11.1. The van der Waals surface area contributed by atoms with E-state index in [4.69, 9.17) is 14.2 Å². The van der Waals surface area contributed by atoms with E-state index in [2.05, 4.69) is 0 Å². The summed E-state index contributed by atoms with van der Waals surface area (Å²) in [6.07, 6.45) is -5.96. The zero-order valence-electron chi connectivity index (χ0n) is 20.7. The number of rotatable bonds is 8. The number of alkyl halides is 3. The van der Waals surface area contributed by atoms with Crippen molar-refractivity contribution in [3.05, 3.63) is 53.6 Å². The van der Waals surface area contributed by atoms with Crippen LogP contribution >= 0.6 is 0 Å². The summed E-state index contributed by atoms with van der Waals surface area (Å²) >= 11 is 0. The molecular weight excluding hydrogens is 497 g/mol. The lowest BCUT2D eigenvalue weighted by Crippen LogP contribution is -2.62. The Balaban J connectivity index is 1.96. The van der Waals surface area contributed by atoms with Gasteiger partial charge < -0.3 is 29.0 Å². The number of carboxylic acid groups (broad SMARTS) is 1. The van der Waals surface area contributed by atoms with Gasteiger partial charge in [-0.15, -0.1) is 0 Å². The van der Waals surface area contributed by atoms with E-state index in [9.17, 15) is 32.7 Å². The molecule has 200 valence electrons. The molecule has 1 aliphatic heterocycles. The summed E-state index contributed by atoms with van der Waals surface area (Å²) in [6.45, 7) is 3.07. The summed E-state index contributed by atoms with van der Waals surface area (Å²) in [6, 6.07) is 9.53. The van der Waals surface area contributed by atoms with E-state index in [1.54, 1.807) is 24.3 Å². The normalized spacial score (nSPS) is 18.8. The van der Waals surface area contributed by atoms with Crippen LogP contribution in [0.1, 0.15) is 31.9 Å². The third-order valence-electron chi connectivity index (χ3n) is 6.03. The van der Waals surface area contributed by atoms with Gasteiger partial charge in [0.1, 0.15) is 35.7 Å². The van der Waals surface area contributed by atoms with Gasteiger partial charge >= 0.3 is 12.3 Å². The largest absolute Gasteiger partial charge is 0.497 e. The SMILES string of the molecule is COc1ccc(COc2ccc(N(CC=O)C(=O)C3(C)COC(C)(C)N3C(=O)O)cc2C(F)(F)F)cc1. The zero-order valence-corrected chi connectivity index (χ0v) is 20.7. The zero-order chi connectivity index (χ0) is 27.6. The molecule has 1 saturated heterocycles. The van der Waals surface area contributed by atoms with Gasteiger partial charge in [0.25, 0.3) is 5.91 Å². The summed E-state index contributed by atoms with van der Waals surface area (Å²) in [4.78, 5) is 38.5. The van der Waals surface area contributed by atoms with E-state index in [1.807, 2.05) is 0 Å². The fourth-order valence-corrected chi connectivity index (χ4v) is 4.23. The van der Waals surface area contributed by atoms with E-state index < -0.39 is 47.3 Å². The minimum Gasteiger partial charge on any atom is -0.497 e. The van der Waals surface area contributed by atoms with Crippen LogP contribution in [-0.2, 0) is 27.1 Å². The maximum absolute atomic E-state index is 14.0. The number of benzene rings is 2. The van der Waals surface area contributed by atoms with Crippen LogP contribution in [0.2, 0.25) is 0 Å². The second-order valence-electron chi connectivity index (χ2n) is 9.02. The van der Waals surface area contributed by atoms with Crippen molar-refractivity contribution in [2.24, 2.45) is 0 Å². The van der Waals surface area contributed by atoms with Gasteiger partial charge in [0, 0.05) is 5.69 Å². The minimum absolute atomic E-state index is 0.165. The monoisotopic (exact) mass is 524 g/mol. The van der Waals surface area contributed by atoms with Crippen LogP contribution in [0.4, 0.5) is 23.7 Å². The van der Waals surface area contributed by atoms with Gasteiger partial charge in [-0.25, -0.2) is 4.79 Å². The van der Waals surface area contributed by atoms with Gasteiger partial charge in [0.05, 0.1) is 25.8 Å². The highest BCUT2D eigenvalue weighted by Crippen LogP contribution is 2.41. The van der Waals surface area contributed by atoms with E-state index >= 15 is 0 Å². The number of anilines is 1. The number of ether oxygens (including phenoxy) is 3. The van der Waals surface area contributed by atoms with Crippen molar-refractivity contribution in [2.45, 2.75) is 44.8 Å². The quantitative estimate of drug-likeness (QED) is 0.513. The summed E-state index contributed by atoms with van der Waals surface area (Å²) < 4.78 is 57.9. The first-order chi connectivity index (χ1) is 17.2. The Morgan fingerprint density at radius 3 is 2.35 bits per heavy atom. The molecule has 0 radical (unpaired) electrons. The van der Waals surface area contributed by atoms with Crippen LogP contribution < -0.4 is 14.4 Å².